The highest BCUT2D eigenvalue weighted by Crippen LogP contribution is 2.44. The summed E-state index contributed by atoms with van der Waals surface area (Å²) >= 11 is 12.6. The van der Waals surface area contributed by atoms with Crippen LogP contribution in [0, 0.1) is 13.8 Å². The van der Waals surface area contributed by atoms with E-state index < -0.39 is 40.0 Å². The molecule has 16 heteroatoms. The molecular formula is C28H29Cl2F3N8O3. The number of carbonyl (C=O) groups excluding carboxylic acids is 2. The van der Waals surface area contributed by atoms with E-state index in [1.54, 1.807) is 13.1 Å². The van der Waals surface area contributed by atoms with Gasteiger partial charge in [-0.05, 0) is 45.9 Å². The van der Waals surface area contributed by atoms with Gasteiger partial charge in [0.1, 0.15) is 16.1 Å². The Labute approximate surface area is 260 Å². The lowest BCUT2D eigenvalue weighted by atomic mass is 10.0. The number of likely N-dealkylation sites (tertiary alicyclic amines) is 1. The van der Waals surface area contributed by atoms with Crippen molar-refractivity contribution in [2.45, 2.75) is 39.4 Å². The van der Waals surface area contributed by atoms with Crippen molar-refractivity contribution in [1.29, 1.82) is 0 Å². The molecule has 3 aromatic rings. The molecule has 0 atom stereocenters. The van der Waals surface area contributed by atoms with Gasteiger partial charge < -0.3 is 25.7 Å². The van der Waals surface area contributed by atoms with E-state index in [2.05, 4.69) is 30.2 Å². The Morgan fingerprint density at radius 1 is 1.23 bits per heavy atom. The maximum absolute atomic E-state index is 14.5. The number of rotatable bonds is 8. The van der Waals surface area contributed by atoms with Crippen LogP contribution in [-0.2, 0) is 17.5 Å². The van der Waals surface area contributed by atoms with E-state index in [-0.39, 0.29) is 41.1 Å². The molecule has 2 aliphatic rings. The number of H-pyrrole nitrogens is 1. The summed E-state index contributed by atoms with van der Waals surface area (Å²) in [7, 11) is 1.51. The first-order valence-electron chi connectivity index (χ1n) is 13.7. The van der Waals surface area contributed by atoms with Crippen molar-refractivity contribution in [2.24, 2.45) is 0 Å². The molecule has 0 saturated carbocycles. The Kier molecular flexibility index (Phi) is 8.78. The number of anilines is 2. The predicted molar refractivity (Wildman–Crippen MR) is 160 cm³/mol. The maximum Gasteiger partial charge on any atom is 0.419 e. The standard InChI is InChI=1S/C28H29Cl2F3N8O3/c1-13-11-36-17(14(2)21(13)44-3)12-41-24-18(22(29)38-27(34)39-24)15(26(41)43)10-16-20(28(31,32)33)19(23(30)37-16)25(42)35-6-9-40-7-4-5-8-40/h10-11,37H,4-9,12H2,1-3H3,(H,35,42)(H2,34,38,39)/b15-10-. The second kappa shape index (κ2) is 12.3. The van der Waals surface area contributed by atoms with Gasteiger partial charge in [0, 0.05) is 30.4 Å². The van der Waals surface area contributed by atoms with Crippen molar-refractivity contribution in [2.75, 3.05) is 43.9 Å². The van der Waals surface area contributed by atoms with E-state index in [1.807, 2.05) is 6.92 Å². The molecule has 4 N–H and O–H groups in total. The van der Waals surface area contributed by atoms with E-state index in [0.29, 0.717) is 23.6 Å². The van der Waals surface area contributed by atoms with Crippen LogP contribution in [0.25, 0.3) is 11.6 Å². The monoisotopic (exact) mass is 652 g/mol. The van der Waals surface area contributed by atoms with Gasteiger partial charge in [0.25, 0.3) is 11.8 Å². The molecule has 5 rings (SSSR count). The zero-order valence-corrected chi connectivity index (χ0v) is 25.5. The predicted octanol–water partition coefficient (Wildman–Crippen LogP) is 4.65. The average Bonchev–Trinajstić information content (AvgIpc) is 3.64. The molecule has 5 heterocycles. The lowest BCUT2D eigenvalue weighted by molar-refractivity contribution is -0.138. The van der Waals surface area contributed by atoms with Crippen LogP contribution in [0.1, 0.15) is 56.8 Å². The summed E-state index contributed by atoms with van der Waals surface area (Å²) in [4.78, 5) is 45.0. The van der Waals surface area contributed by atoms with Gasteiger partial charge in [-0.15, -0.1) is 0 Å². The summed E-state index contributed by atoms with van der Waals surface area (Å²) in [6, 6.07) is 0. The number of nitrogens with two attached hydrogens (primary N) is 1. The van der Waals surface area contributed by atoms with E-state index in [4.69, 9.17) is 33.7 Å². The molecule has 1 fully saturated rings. The fourth-order valence-corrected chi connectivity index (χ4v) is 6.10. The molecule has 44 heavy (non-hydrogen) atoms. The summed E-state index contributed by atoms with van der Waals surface area (Å²) in [5.74, 6) is -1.42. The molecule has 1 saturated heterocycles. The van der Waals surface area contributed by atoms with Gasteiger partial charge in [0.15, 0.2) is 5.82 Å². The first-order chi connectivity index (χ1) is 20.8. The van der Waals surface area contributed by atoms with Gasteiger partial charge in [-0.1, -0.05) is 23.2 Å². The largest absolute Gasteiger partial charge is 0.496 e. The smallest absolute Gasteiger partial charge is 0.419 e. The van der Waals surface area contributed by atoms with Crippen molar-refractivity contribution in [3.8, 4) is 5.75 Å². The number of ether oxygens (including phenoxy) is 1. The molecule has 234 valence electrons. The number of carbonyl (C=O) groups is 2. The number of hydrogen-bond donors (Lipinski definition) is 3. The zero-order valence-electron chi connectivity index (χ0n) is 24.0. The van der Waals surface area contributed by atoms with Gasteiger partial charge in [0.05, 0.1) is 47.3 Å². The van der Waals surface area contributed by atoms with Crippen LogP contribution in [0.4, 0.5) is 24.9 Å². The minimum absolute atomic E-state index is 0.00872. The van der Waals surface area contributed by atoms with Gasteiger partial charge in [-0.2, -0.15) is 18.2 Å². The highest BCUT2D eigenvalue weighted by atomic mass is 35.5. The molecule has 0 aromatic carbocycles. The third-order valence-electron chi connectivity index (χ3n) is 7.62. The van der Waals surface area contributed by atoms with E-state index in [0.717, 1.165) is 37.6 Å². The van der Waals surface area contributed by atoms with Crippen LogP contribution < -0.4 is 20.7 Å². The van der Waals surface area contributed by atoms with Crippen LogP contribution in [0.2, 0.25) is 10.3 Å². The zero-order chi connectivity index (χ0) is 31.9. The van der Waals surface area contributed by atoms with Gasteiger partial charge in [-0.3, -0.25) is 19.5 Å². The minimum atomic E-state index is -5.01. The number of aryl methyl sites for hydroxylation is 1. The Morgan fingerprint density at radius 3 is 2.59 bits per heavy atom. The summed E-state index contributed by atoms with van der Waals surface area (Å²) in [6.07, 6.45) is -0.426. The van der Waals surface area contributed by atoms with Crippen molar-refractivity contribution in [1.82, 2.24) is 30.2 Å². The highest BCUT2D eigenvalue weighted by molar-refractivity contribution is 6.41. The molecule has 0 radical (unpaired) electrons. The van der Waals surface area contributed by atoms with Crippen LogP contribution in [0.15, 0.2) is 6.20 Å². The second-order valence-electron chi connectivity index (χ2n) is 10.5. The number of amides is 2. The maximum atomic E-state index is 14.5. The Balaban J connectivity index is 1.55. The number of aromatic nitrogens is 4. The molecule has 3 aromatic heterocycles. The SMILES string of the molecule is COc1c(C)cnc(CN2C(=O)/C(=C\c3[nH]c(Cl)c(C(=O)NCCN4CCCC4)c3C(F)(F)F)c3c(Cl)nc(N)nc32)c1C. The van der Waals surface area contributed by atoms with Crippen LogP contribution in [0.3, 0.4) is 0 Å². The van der Waals surface area contributed by atoms with Crippen molar-refractivity contribution in [3.63, 3.8) is 0 Å². The van der Waals surface area contributed by atoms with Crippen LogP contribution in [-0.4, -0.2) is 69.9 Å². The van der Waals surface area contributed by atoms with Gasteiger partial charge in [0.2, 0.25) is 5.95 Å². The quantitative estimate of drug-likeness (QED) is 0.236. The molecule has 0 bridgehead atoms. The third kappa shape index (κ3) is 5.93. The molecule has 0 spiro atoms. The topological polar surface area (TPSA) is 142 Å². The lowest BCUT2D eigenvalue weighted by Gasteiger charge is -2.19. The number of fused-ring (bicyclic) bond motifs is 1. The molecule has 0 aliphatic carbocycles. The van der Waals surface area contributed by atoms with E-state index >= 15 is 0 Å². The first kappa shape index (κ1) is 31.5. The van der Waals surface area contributed by atoms with Crippen LogP contribution in [0.5, 0.6) is 5.75 Å². The normalized spacial score (nSPS) is 16.2. The highest BCUT2D eigenvalue weighted by Gasteiger charge is 2.43. The molecule has 2 amide bonds. The Hall–Kier alpha value is -3.88. The van der Waals surface area contributed by atoms with Gasteiger partial charge >= 0.3 is 6.18 Å². The van der Waals surface area contributed by atoms with Crippen molar-refractivity contribution in [3.05, 3.63) is 55.7 Å². The average molecular weight is 653 g/mol. The Bertz CT molecular complexity index is 1670. The fraction of sp³-hybridized carbons (Fsp3) is 0.393. The second-order valence-corrected chi connectivity index (χ2v) is 11.2. The number of aromatic amines is 1. The number of nitrogens with zero attached hydrogens (tertiary/aromatic N) is 5. The fourth-order valence-electron chi connectivity index (χ4n) is 5.54. The number of pyridine rings is 1. The van der Waals surface area contributed by atoms with Crippen molar-refractivity contribution >= 4 is 58.4 Å². The first-order valence-corrected chi connectivity index (χ1v) is 14.4. The summed E-state index contributed by atoms with van der Waals surface area (Å²) < 4.78 is 48.9. The summed E-state index contributed by atoms with van der Waals surface area (Å²) in [5, 5.41) is 1.75. The number of nitrogens with one attached hydrogen (secondary N) is 2. The third-order valence-corrected chi connectivity index (χ3v) is 8.17. The van der Waals surface area contributed by atoms with E-state index in [9.17, 15) is 22.8 Å². The number of halogens is 5. The van der Waals surface area contributed by atoms with E-state index in [1.165, 1.54) is 12.0 Å². The number of hydrogen-bond acceptors (Lipinski definition) is 8. The molecule has 11 nitrogen and oxygen atoms in total. The molecule has 2 aliphatic heterocycles. The molecular weight excluding hydrogens is 624 g/mol. The van der Waals surface area contributed by atoms with Gasteiger partial charge in [-0.25, -0.2) is 4.98 Å². The number of alkyl halides is 3. The van der Waals surface area contributed by atoms with Crippen LogP contribution >= 0.6 is 23.2 Å². The number of methoxy groups -OCH3 is 1. The number of nitrogen functional groups attached to an aromatic ring is 1. The summed E-state index contributed by atoms with van der Waals surface area (Å²) in [6.45, 7) is 5.82. The van der Waals surface area contributed by atoms with Crippen molar-refractivity contribution < 1.29 is 27.5 Å². The lowest BCUT2D eigenvalue weighted by Crippen LogP contribution is -2.34. The summed E-state index contributed by atoms with van der Waals surface area (Å²) in [5.41, 5.74) is 4.71. The molecule has 0 unspecified atom stereocenters. The minimum Gasteiger partial charge on any atom is -0.496 e. The Morgan fingerprint density at radius 2 is 1.93 bits per heavy atom.